The van der Waals surface area contributed by atoms with E-state index in [2.05, 4.69) is 20.1 Å². The summed E-state index contributed by atoms with van der Waals surface area (Å²) in [7, 11) is 0. The molecule has 0 amide bonds. The highest BCUT2D eigenvalue weighted by Crippen LogP contribution is 2.42. The average molecular weight is 594 g/mol. The molecule has 5 heterocycles. The van der Waals surface area contributed by atoms with E-state index < -0.39 is 29.2 Å². The van der Waals surface area contributed by atoms with Gasteiger partial charge < -0.3 is 20.1 Å². The van der Waals surface area contributed by atoms with Gasteiger partial charge in [0.1, 0.15) is 29.9 Å². The Balaban J connectivity index is 1.26. The molecule has 0 unspecified atom stereocenters. The van der Waals surface area contributed by atoms with Crippen LogP contribution in [0.3, 0.4) is 0 Å². The Bertz CT molecular complexity index is 1760. The number of alkyl halides is 1. The number of fused-ring (bicyclic) bond motifs is 4. The molecule has 4 atom stereocenters. The number of hydrogen-bond donors (Lipinski definition) is 2. The summed E-state index contributed by atoms with van der Waals surface area (Å²) in [5, 5.41) is 14.5. The molecule has 4 aliphatic heterocycles. The van der Waals surface area contributed by atoms with E-state index in [0.717, 1.165) is 45.0 Å². The van der Waals surface area contributed by atoms with Crippen LogP contribution in [0.2, 0.25) is 0 Å². The first-order chi connectivity index (χ1) is 20.8. The Morgan fingerprint density at radius 3 is 2.77 bits per heavy atom. The maximum Gasteiger partial charge on any atom is 0.319 e. The third kappa shape index (κ3) is 4.30. The lowest BCUT2D eigenvalue weighted by molar-refractivity contribution is 0.107. The quantitative estimate of drug-likeness (QED) is 0.303. The van der Waals surface area contributed by atoms with Crippen LogP contribution in [0.15, 0.2) is 36.4 Å². The van der Waals surface area contributed by atoms with Crippen molar-refractivity contribution in [3.05, 3.63) is 53.8 Å². The predicted octanol–water partition coefficient (Wildman–Crippen LogP) is 5.33. The summed E-state index contributed by atoms with van der Waals surface area (Å²) < 4.78 is 66.6. The van der Waals surface area contributed by atoms with E-state index in [1.165, 1.54) is 24.3 Å². The van der Waals surface area contributed by atoms with Gasteiger partial charge >= 0.3 is 6.01 Å². The minimum absolute atomic E-state index is 0.00867. The van der Waals surface area contributed by atoms with E-state index in [9.17, 15) is 13.9 Å². The number of nitrogens with one attached hydrogen (secondary N) is 1. The van der Waals surface area contributed by atoms with Gasteiger partial charge in [-0.1, -0.05) is 12.1 Å². The lowest BCUT2D eigenvalue weighted by atomic mass is 9.95. The van der Waals surface area contributed by atoms with Crippen LogP contribution in [0.25, 0.3) is 32.8 Å². The molecule has 0 saturated carbocycles. The van der Waals surface area contributed by atoms with Gasteiger partial charge in [0.25, 0.3) is 0 Å². The molecule has 0 aliphatic carbocycles. The molecule has 8 rings (SSSR count). The summed E-state index contributed by atoms with van der Waals surface area (Å²) in [5.41, 5.74) is -0.486. The summed E-state index contributed by atoms with van der Waals surface area (Å²) in [4.78, 5) is 13.5. The molecule has 0 radical (unpaired) electrons. The Kier molecular flexibility index (Phi) is 6.20. The maximum absolute atomic E-state index is 16.6. The zero-order valence-electron chi connectivity index (χ0n) is 23.4. The number of aromatic nitrogens is 2. The highest BCUT2D eigenvalue weighted by molar-refractivity contribution is 6.01. The van der Waals surface area contributed by atoms with Gasteiger partial charge in [-0.05, 0) is 73.5 Å². The topological polar surface area (TPSA) is 73.8 Å². The van der Waals surface area contributed by atoms with Crippen molar-refractivity contribution in [3.63, 3.8) is 0 Å². The number of phenols is 1. The second-order valence-electron chi connectivity index (χ2n) is 12.5. The van der Waals surface area contributed by atoms with Crippen molar-refractivity contribution >= 4 is 27.5 Å². The summed E-state index contributed by atoms with van der Waals surface area (Å²) >= 11 is 0. The number of ether oxygens (including phenoxy) is 1. The largest absolute Gasteiger partial charge is 0.508 e. The van der Waals surface area contributed by atoms with Crippen LogP contribution < -0.4 is 15.0 Å². The molecule has 43 heavy (non-hydrogen) atoms. The Morgan fingerprint density at radius 2 is 1.91 bits per heavy atom. The number of anilines is 1. The van der Waals surface area contributed by atoms with E-state index in [4.69, 9.17) is 9.72 Å². The van der Waals surface area contributed by atoms with Gasteiger partial charge in [-0.3, -0.25) is 4.90 Å². The number of nitrogens with zero attached hydrogens (tertiary/aromatic N) is 4. The van der Waals surface area contributed by atoms with Crippen molar-refractivity contribution in [2.75, 3.05) is 44.2 Å². The Hall–Kier alpha value is -3.70. The number of hydrogen-bond acceptors (Lipinski definition) is 7. The predicted molar refractivity (Wildman–Crippen MR) is 155 cm³/mol. The molecule has 4 aliphatic rings. The second kappa shape index (κ2) is 9.92. The fourth-order valence-electron chi connectivity index (χ4n) is 7.90. The monoisotopic (exact) mass is 593 g/mol. The first-order valence-electron chi connectivity index (χ1n) is 14.9. The van der Waals surface area contributed by atoms with Gasteiger partial charge in [-0.15, -0.1) is 0 Å². The Labute approximate surface area is 245 Å². The van der Waals surface area contributed by atoms with Crippen molar-refractivity contribution in [1.82, 2.24) is 20.2 Å². The lowest BCUT2D eigenvalue weighted by Gasteiger charge is -2.31. The number of phenolic OH excluding ortho intramolecular Hbond substituents is 1. The van der Waals surface area contributed by atoms with Crippen LogP contribution in [-0.2, 0) is 0 Å². The lowest BCUT2D eigenvalue weighted by Crippen LogP contribution is -2.43. The molecular formula is C32H31F4N5O2. The minimum atomic E-state index is -1.13. The second-order valence-corrected chi connectivity index (χ2v) is 12.5. The summed E-state index contributed by atoms with van der Waals surface area (Å²) in [5.74, 6) is -2.18. The molecule has 11 heteroatoms. The van der Waals surface area contributed by atoms with E-state index in [0.29, 0.717) is 42.7 Å². The van der Waals surface area contributed by atoms with Gasteiger partial charge in [-0.2, -0.15) is 9.97 Å². The third-order valence-electron chi connectivity index (χ3n) is 9.94. The van der Waals surface area contributed by atoms with Crippen molar-refractivity contribution in [1.29, 1.82) is 0 Å². The molecule has 224 valence electrons. The van der Waals surface area contributed by atoms with E-state index in [1.807, 2.05) is 0 Å². The zero-order valence-corrected chi connectivity index (χ0v) is 23.4. The van der Waals surface area contributed by atoms with Crippen LogP contribution in [0.1, 0.15) is 25.7 Å². The minimum Gasteiger partial charge on any atom is -0.508 e. The molecule has 1 aromatic heterocycles. The van der Waals surface area contributed by atoms with Gasteiger partial charge in [0.2, 0.25) is 0 Å². The maximum atomic E-state index is 16.6. The normalized spacial score (nSPS) is 27.0. The average Bonchev–Trinajstić information content (AvgIpc) is 3.74. The van der Waals surface area contributed by atoms with Crippen molar-refractivity contribution in [3.8, 4) is 22.9 Å². The molecule has 3 aromatic carbocycles. The summed E-state index contributed by atoms with van der Waals surface area (Å²) in [6.07, 6.45) is 2.26. The molecule has 0 spiro atoms. The molecule has 7 nitrogen and oxygen atoms in total. The Morgan fingerprint density at radius 1 is 1.02 bits per heavy atom. The molecule has 4 fully saturated rings. The van der Waals surface area contributed by atoms with Gasteiger partial charge in [0.05, 0.1) is 5.54 Å². The molecule has 2 N–H and O–H groups in total. The van der Waals surface area contributed by atoms with E-state index >= 15 is 8.78 Å². The number of rotatable bonds is 5. The fourth-order valence-corrected chi connectivity index (χ4v) is 7.90. The smallest absolute Gasteiger partial charge is 0.319 e. The van der Waals surface area contributed by atoms with Gasteiger partial charge in [0.15, 0.2) is 17.5 Å². The molecular weight excluding hydrogens is 562 g/mol. The van der Waals surface area contributed by atoms with Crippen molar-refractivity contribution in [2.24, 2.45) is 5.92 Å². The summed E-state index contributed by atoms with van der Waals surface area (Å²) in [6, 6.07) is 8.33. The van der Waals surface area contributed by atoms with Crippen molar-refractivity contribution in [2.45, 2.75) is 43.4 Å². The van der Waals surface area contributed by atoms with E-state index in [-0.39, 0.29) is 45.8 Å². The first kappa shape index (κ1) is 26.9. The first-order valence-corrected chi connectivity index (χ1v) is 14.9. The zero-order chi connectivity index (χ0) is 29.5. The molecule has 4 aromatic rings. The SMILES string of the molecule is Oc1cc(-c2ccc3c(N4C[C@H]5CCN[C@H]5C4)nc(OC[C@@]45CCCN4C[C@H](F)C5)nc3c2F)c2c(F)c(F)ccc2c1. The van der Waals surface area contributed by atoms with Crippen LogP contribution in [-0.4, -0.2) is 77.1 Å². The highest BCUT2D eigenvalue weighted by atomic mass is 19.2. The number of benzene rings is 3. The van der Waals surface area contributed by atoms with Crippen molar-refractivity contribution < 1.29 is 27.4 Å². The third-order valence-corrected chi connectivity index (χ3v) is 9.94. The molecule has 4 saturated heterocycles. The van der Waals surface area contributed by atoms with E-state index in [1.54, 1.807) is 6.07 Å². The van der Waals surface area contributed by atoms with Crippen LogP contribution in [0, 0.1) is 23.4 Å². The van der Waals surface area contributed by atoms with Crippen LogP contribution in [0.4, 0.5) is 23.4 Å². The number of halogens is 4. The highest BCUT2D eigenvalue weighted by Gasteiger charge is 2.49. The van der Waals surface area contributed by atoms with Crippen LogP contribution >= 0.6 is 0 Å². The van der Waals surface area contributed by atoms with Gasteiger partial charge in [0, 0.05) is 48.4 Å². The van der Waals surface area contributed by atoms with Gasteiger partial charge in [-0.25, -0.2) is 17.6 Å². The van der Waals surface area contributed by atoms with Crippen LogP contribution in [0.5, 0.6) is 11.8 Å². The fraction of sp³-hybridized carbons (Fsp3) is 0.438. The molecule has 0 bridgehead atoms. The summed E-state index contributed by atoms with van der Waals surface area (Å²) in [6.45, 7) is 3.78. The number of aromatic hydroxyl groups is 1. The standard InChI is InChI=1S/C32H31F4N5O2/c33-19-12-32(7-1-9-41(32)14-19)16-43-31-38-29-22(30(39-31)40-13-18-6-8-37-25(18)15-40)4-3-21(27(29)35)23-11-20(42)10-17-2-5-24(34)28(36)26(17)23/h2-5,10-11,18-19,25,37,42H,1,6-9,12-16H2/t18-,19-,25+,32+/m1/s1.